The van der Waals surface area contributed by atoms with Gasteiger partial charge in [-0.25, -0.2) is 0 Å². The van der Waals surface area contributed by atoms with Crippen LogP contribution in [0.4, 0.5) is 0 Å². The van der Waals surface area contributed by atoms with E-state index in [9.17, 15) is 9.59 Å². The zero-order valence-corrected chi connectivity index (χ0v) is 12.3. The molecule has 1 saturated carbocycles. The lowest BCUT2D eigenvalue weighted by Gasteiger charge is -2.13. The van der Waals surface area contributed by atoms with Crippen LogP contribution in [0.3, 0.4) is 0 Å². The first-order chi connectivity index (χ1) is 8.67. The van der Waals surface area contributed by atoms with Crippen LogP contribution in [0, 0.1) is 19.3 Å². The molecule has 7 heteroatoms. The van der Waals surface area contributed by atoms with E-state index in [4.69, 9.17) is 27.6 Å². The number of hydrogen-bond acceptors (Lipinski definition) is 3. The summed E-state index contributed by atoms with van der Waals surface area (Å²) >= 11 is 11.8. The Bertz CT molecular complexity index is 553. The minimum Gasteiger partial charge on any atom is -0.466 e. The summed E-state index contributed by atoms with van der Waals surface area (Å²) in [5, 5.41) is 0. The first kappa shape index (κ1) is 14.2. The Morgan fingerprint density at radius 2 is 1.89 bits per heavy atom. The first-order valence-corrected chi connectivity index (χ1v) is 6.48. The van der Waals surface area contributed by atoms with Gasteiger partial charge in [-0.05, 0) is 33.3 Å². The highest BCUT2D eigenvalue weighted by molar-refractivity contribution is 6.53. The van der Waals surface area contributed by atoms with Gasteiger partial charge in [-0.1, -0.05) is 0 Å². The van der Waals surface area contributed by atoms with Gasteiger partial charge in [0.05, 0.1) is 11.0 Å². The molecule has 1 fully saturated rings. The summed E-state index contributed by atoms with van der Waals surface area (Å²) in [5.41, 5.74) is 4.15. The van der Waals surface area contributed by atoms with E-state index in [1.54, 1.807) is 26.8 Å². The fourth-order valence-corrected chi connectivity index (χ4v) is 2.53. The number of rotatable bonds is 2. The van der Waals surface area contributed by atoms with Crippen molar-refractivity contribution in [1.29, 1.82) is 0 Å². The predicted octanol–water partition coefficient (Wildman–Crippen LogP) is 2.24. The van der Waals surface area contributed by atoms with Crippen molar-refractivity contribution < 1.29 is 14.0 Å². The normalized spacial score (nSPS) is 23.8. The second-order valence-electron chi connectivity index (χ2n) is 4.95. The van der Waals surface area contributed by atoms with E-state index in [2.05, 4.69) is 10.9 Å². The number of carbonyl (C=O) groups is 2. The van der Waals surface area contributed by atoms with E-state index in [0.717, 1.165) is 0 Å². The summed E-state index contributed by atoms with van der Waals surface area (Å²) in [6.07, 6.45) is 0.356. The van der Waals surface area contributed by atoms with E-state index < -0.39 is 21.6 Å². The third kappa shape index (κ3) is 2.44. The summed E-state index contributed by atoms with van der Waals surface area (Å²) in [6, 6.07) is 1.60. The van der Waals surface area contributed by atoms with E-state index in [1.165, 1.54) is 0 Å². The van der Waals surface area contributed by atoms with Gasteiger partial charge in [-0.2, -0.15) is 0 Å². The average molecular weight is 305 g/mol. The van der Waals surface area contributed by atoms with Gasteiger partial charge in [0, 0.05) is 0 Å². The summed E-state index contributed by atoms with van der Waals surface area (Å²) < 4.78 is 4.17. The molecule has 0 bridgehead atoms. The predicted molar refractivity (Wildman–Crippen MR) is 71.0 cm³/mol. The Kier molecular flexibility index (Phi) is 3.31. The number of hydrazine groups is 1. The summed E-state index contributed by atoms with van der Waals surface area (Å²) in [6.45, 7) is 5.05. The maximum absolute atomic E-state index is 11.9. The van der Waals surface area contributed by atoms with Gasteiger partial charge >= 0.3 is 0 Å². The highest BCUT2D eigenvalue weighted by Gasteiger charge is 2.68. The molecule has 19 heavy (non-hydrogen) atoms. The Morgan fingerprint density at radius 1 is 1.32 bits per heavy atom. The maximum Gasteiger partial charge on any atom is 0.273 e. The molecule has 0 radical (unpaired) electrons. The monoisotopic (exact) mass is 304 g/mol. The smallest absolute Gasteiger partial charge is 0.273 e. The molecule has 1 unspecified atom stereocenters. The molecular weight excluding hydrogens is 291 g/mol. The van der Waals surface area contributed by atoms with E-state index in [-0.39, 0.29) is 0 Å². The maximum atomic E-state index is 11.9. The molecule has 2 rings (SSSR count). The summed E-state index contributed by atoms with van der Waals surface area (Å²) in [4.78, 5) is 23.7. The number of furan rings is 1. The highest BCUT2D eigenvalue weighted by Crippen LogP contribution is 2.63. The number of hydrogen-bond donors (Lipinski definition) is 2. The van der Waals surface area contributed by atoms with Crippen molar-refractivity contribution >= 4 is 35.0 Å². The van der Waals surface area contributed by atoms with E-state index >= 15 is 0 Å². The minimum atomic E-state index is -1.07. The van der Waals surface area contributed by atoms with Gasteiger partial charge in [0.2, 0.25) is 5.91 Å². The minimum absolute atomic E-state index is 0.356. The first-order valence-electron chi connectivity index (χ1n) is 5.73. The quantitative estimate of drug-likeness (QED) is 0.650. The number of carbonyl (C=O) groups excluding carboxylic acids is 2. The van der Waals surface area contributed by atoms with Crippen LogP contribution in [0.5, 0.6) is 0 Å². The van der Waals surface area contributed by atoms with E-state index in [0.29, 0.717) is 23.5 Å². The SMILES string of the molecule is Cc1cc(C(=O)NNC(=O)C2(C)CC2(Cl)Cl)c(C)o1. The standard InChI is InChI=1S/C12H14Cl2N2O3/c1-6-4-8(7(2)19-6)9(17)15-16-10(18)11(3)5-12(11,13)14/h4H,5H2,1-3H3,(H,15,17)(H,16,18). The molecule has 1 heterocycles. The van der Waals surface area contributed by atoms with Gasteiger partial charge in [-0.3, -0.25) is 20.4 Å². The van der Waals surface area contributed by atoms with Crippen molar-refractivity contribution in [2.24, 2.45) is 5.41 Å². The number of amides is 2. The van der Waals surface area contributed by atoms with Crippen LogP contribution in [0.2, 0.25) is 0 Å². The Morgan fingerprint density at radius 3 is 2.32 bits per heavy atom. The Labute approximate surface area is 120 Å². The van der Waals surface area contributed by atoms with Gasteiger partial charge in [0.1, 0.15) is 15.9 Å². The molecule has 1 aliphatic rings. The lowest BCUT2D eigenvalue weighted by atomic mass is 10.1. The van der Waals surface area contributed by atoms with Crippen molar-refractivity contribution in [3.8, 4) is 0 Å². The third-order valence-electron chi connectivity index (χ3n) is 3.33. The van der Waals surface area contributed by atoms with Crippen LogP contribution >= 0.6 is 23.2 Å². The van der Waals surface area contributed by atoms with Crippen molar-refractivity contribution in [1.82, 2.24) is 10.9 Å². The van der Waals surface area contributed by atoms with Gasteiger partial charge in [0.15, 0.2) is 0 Å². The molecule has 104 valence electrons. The summed E-state index contributed by atoms with van der Waals surface area (Å²) in [7, 11) is 0. The molecule has 0 saturated heterocycles. The largest absolute Gasteiger partial charge is 0.466 e. The van der Waals surface area contributed by atoms with Crippen LogP contribution in [0.1, 0.15) is 35.2 Å². The van der Waals surface area contributed by atoms with Crippen molar-refractivity contribution in [3.63, 3.8) is 0 Å². The second kappa shape index (κ2) is 4.42. The van der Waals surface area contributed by atoms with Crippen LogP contribution in [-0.4, -0.2) is 16.1 Å². The zero-order valence-electron chi connectivity index (χ0n) is 10.8. The molecule has 1 aromatic rings. The van der Waals surface area contributed by atoms with Crippen LogP contribution in [-0.2, 0) is 4.79 Å². The number of halogens is 2. The molecule has 1 aromatic heterocycles. The van der Waals surface area contributed by atoms with Gasteiger partial charge in [0.25, 0.3) is 5.91 Å². The fraction of sp³-hybridized carbons (Fsp3) is 0.500. The van der Waals surface area contributed by atoms with Crippen LogP contribution < -0.4 is 10.9 Å². The van der Waals surface area contributed by atoms with Gasteiger partial charge in [-0.15, -0.1) is 23.2 Å². The number of nitrogens with one attached hydrogen (secondary N) is 2. The van der Waals surface area contributed by atoms with Crippen molar-refractivity contribution in [2.75, 3.05) is 0 Å². The lowest BCUT2D eigenvalue weighted by Crippen LogP contribution is -2.45. The lowest BCUT2D eigenvalue weighted by molar-refractivity contribution is -0.126. The van der Waals surface area contributed by atoms with Gasteiger partial charge < -0.3 is 4.42 Å². The number of alkyl halides is 2. The molecule has 5 nitrogen and oxygen atoms in total. The topological polar surface area (TPSA) is 71.3 Å². The molecule has 0 spiro atoms. The van der Waals surface area contributed by atoms with Crippen molar-refractivity contribution in [3.05, 3.63) is 23.2 Å². The fourth-order valence-electron chi connectivity index (χ4n) is 1.82. The van der Waals surface area contributed by atoms with Crippen LogP contribution in [0.25, 0.3) is 0 Å². The van der Waals surface area contributed by atoms with Crippen LogP contribution in [0.15, 0.2) is 10.5 Å². The molecule has 0 aromatic carbocycles. The highest BCUT2D eigenvalue weighted by atomic mass is 35.5. The Hall–Kier alpha value is -1.20. The Balaban J connectivity index is 1.95. The average Bonchev–Trinajstić information content (AvgIpc) is 2.64. The van der Waals surface area contributed by atoms with Crippen molar-refractivity contribution in [2.45, 2.75) is 31.5 Å². The third-order valence-corrected chi connectivity index (χ3v) is 4.44. The van der Waals surface area contributed by atoms with E-state index in [1.807, 2.05) is 0 Å². The molecule has 2 amide bonds. The molecule has 1 aliphatic carbocycles. The number of aryl methyl sites for hydroxylation is 2. The molecule has 0 aliphatic heterocycles. The summed E-state index contributed by atoms with van der Waals surface area (Å²) in [5.74, 6) is 0.264. The second-order valence-corrected chi connectivity index (χ2v) is 6.43. The zero-order chi connectivity index (χ0) is 14.4. The molecule has 2 N–H and O–H groups in total. The molecule has 1 atom stereocenters. The molecular formula is C12H14Cl2N2O3.